The minimum absolute atomic E-state index is 0.111. The van der Waals surface area contributed by atoms with Crippen molar-refractivity contribution in [2.45, 2.75) is 6.42 Å². The average Bonchev–Trinajstić information content (AvgIpc) is 2.77. The molecule has 3 aromatic carbocycles. The smallest absolute Gasteiger partial charge is 0.230 e. The molecule has 0 spiro atoms. The molecule has 154 valence electrons. The monoisotopic (exact) mass is 433 g/mol. The van der Waals surface area contributed by atoms with E-state index in [1.54, 1.807) is 48.5 Å². The molecule has 1 heterocycles. The maximum absolute atomic E-state index is 13.3. The van der Waals surface area contributed by atoms with Gasteiger partial charge in [-0.2, -0.15) is 0 Å². The number of carbonyl (C=O) groups excluding carboxylic acids is 1. The fraction of sp³-hybridized carbons (Fsp3) is 0.0417. The molecule has 4 rings (SSSR count). The van der Waals surface area contributed by atoms with Crippen molar-refractivity contribution in [3.05, 3.63) is 95.4 Å². The number of benzene rings is 3. The molecule has 1 amide bonds. The van der Waals surface area contributed by atoms with Crippen LogP contribution >= 0.6 is 11.6 Å². The average molecular weight is 434 g/mol. The summed E-state index contributed by atoms with van der Waals surface area (Å²) in [5, 5.41) is 13.0. The Morgan fingerprint density at radius 1 is 0.935 bits per heavy atom. The number of anilines is 1. The second-order valence-corrected chi connectivity index (χ2v) is 7.29. The van der Waals surface area contributed by atoms with Gasteiger partial charge in [0, 0.05) is 16.1 Å². The lowest BCUT2D eigenvalue weighted by Gasteiger charge is -2.12. The number of phenolic OH excluding ortho intramolecular Hbond substituents is 1. The van der Waals surface area contributed by atoms with Crippen molar-refractivity contribution < 1.29 is 14.3 Å². The number of nitrogens with one attached hydrogen (secondary N) is 1. The molecule has 2 N–H and O–H groups in total. The maximum atomic E-state index is 13.3. The van der Waals surface area contributed by atoms with Crippen LogP contribution in [0.4, 0.5) is 10.2 Å². The first-order valence-corrected chi connectivity index (χ1v) is 9.82. The first kappa shape index (κ1) is 20.5. The van der Waals surface area contributed by atoms with Crippen LogP contribution in [0, 0.1) is 5.82 Å². The lowest BCUT2D eigenvalue weighted by molar-refractivity contribution is -0.115. The van der Waals surface area contributed by atoms with Crippen LogP contribution in [-0.2, 0) is 11.2 Å². The zero-order chi connectivity index (χ0) is 21.8. The van der Waals surface area contributed by atoms with Gasteiger partial charge < -0.3 is 10.4 Å². The van der Waals surface area contributed by atoms with Gasteiger partial charge in [0.05, 0.1) is 18.3 Å². The van der Waals surface area contributed by atoms with Gasteiger partial charge in [-0.25, -0.2) is 14.4 Å². The molecule has 0 aliphatic heterocycles. The predicted octanol–water partition coefficient (Wildman–Crippen LogP) is 5.49. The van der Waals surface area contributed by atoms with Crippen LogP contribution in [0.1, 0.15) is 5.56 Å². The van der Waals surface area contributed by atoms with E-state index in [9.17, 15) is 14.3 Å². The van der Waals surface area contributed by atoms with Crippen molar-refractivity contribution >= 4 is 23.3 Å². The molecule has 0 bridgehead atoms. The molecular formula is C24H17ClFN3O2. The van der Waals surface area contributed by atoms with Gasteiger partial charge in [-0.1, -0.05) is 23.7 Å². The molecule has 5 nitrogen and oxygen atoms in total. The number of aromatic nitrogens is 2. The Labute approximate surface area is 183 Å². The SMILES string of the molecule is O=C(Cc1ccc(Cl)cc1)Nc1ncc(-c2ccc(F)cc2)nc1-c1ccc(O)cc1. The highest BCUT2D eigenvalue weighted by Gasteiger charge is 2.15. The molecule has 0 radical (unpaired) electrons. The largest absolute Gasteiger partial charge is 0.508 e. The lowest BCUT2D eigenvalue weighted by Crippen LogP contribution is -2.16. The van der Waals surface area contributed by atoms with Gasteiger partial charge in [0.15, 0.2) is 5.82 Å². The number of carbonyl (C=O) groups is 1. The van der Waals surface area contributed by atoms with E-state index in [1.165, 1.54) is 30.5 Å². The molecule has 0 unspecified atom stereocenters. The van der Waals surface area contributed by atoms with E-state index in [1.807, 2.05) is 0 Å². The highest BCUT2D eigenvalue weighted by Crippen LogP contribution is 2.29. The van der Waals surface area contributed by atoms with Crippen molar-refractivity contribution in [2.24, 2.45) is 0 Å². The normalized spacial score (nSPS) is 10.6. The second-order valence-electron chi connectivity index (χ2n) is 6.86. The van der Waals surface area contributed by atoms with Crippen LogP contribution in [-0.4, -0.2) is 21.0 Å². The van der Waals surface area contributed by atoms with Crippen molar-refractivity contribution in [1.82, 2.24) is 9.97 Å². The topological polar surface area (TPSA) is 75.1 Å². The zero-order valence-corrected chi connectivity index (χ0v) is 17.0. The van der Waals surface area contributed by atoms with Crippen LogP contribution < -0.4 is 5.32 Å². The lowest BCUT2D eigenvalue weighted by atomic mass is 10.1. The van der Waals surface area contributed by atoms with Crippen molar-refractivity contribution in [1.29, 1.82) is 0 Å². The Balaban J connectivity index is 1.67. The number of hydrogen-bond donors (Lipinski definition) is 2. The molecule has 0 aliphatic carbocycles. The van der Waals surface area contributed by atoms with E-state index in [0.717, 1.165) is 5.56 Å². The van der Waals surface area contributed by atoms with Gasteiger partial charge in [-0.05, 0) is 66.2 Å². The molecule has 0 saturated heterocycles. The third-order valence-corrected chi connectivity index (χ3v) is 4.84. The number of rotatable bonds is 5. The number of hydrogen-bond acceptors (Lipinski definition) is 4. The van der Waals surface area contributed by atoms with Gasteiger partial charge in [-0.15, -0.1) is 0 Å². The number of nitrogens with zero attached hydrogens (tertiary/aromatic N) is 2. The van der Waals surface area contributed by atoms with E-state index >= 15 is 0 Å². The summed E-state index contributed by atoms with van der Waals surface area (Å²) in [5.41, 5.74) is 3.12. The highest BCUT2D eigenvalue weighted by molar-refractivity contribution is 6.30. The van der Waals surface area contributed by atoms with Crippen molar-refractivity contribution in [3.63, 3.8) is 0 Å². The van der Waals surface area contributed by atoms with Gasteiger partial charge in [0.1, 0.15) is 17.3 Å². The molecule has 0 fully saturated rings. The van der Waals surface area contributed by atoms with E-state index in [4.69, 9.17) is 11.6 Å². The second kappa shape index (κ2) is 8.93. The molecule has 0 atom stereocenters. The van der Waals surface area contributed by atoms with Crippen molar-refractivity contribution in [2.75, 3.05) is 5.32 Å². The van der Waals surface area contributed by atoms with Gasteiger partial charge >= 0.3 is 0 Å². The summed E-state index contributed by atoms with van der Waals surface area (Å²) in [6, 6.07) is 19.4. The molecule has 4 aromatic rings. The van der Waals surface area contributed by atoms with Crippen LogP contribution in [0.2, 0.25) is 5.02 Å². The van der Waals surface area contributed by atoms with E-state index in [0.29, 0.717) is 27.5 Å². The van der Waals surface area contributed by atoms with Gasteiger partial charge in [0.2, 0.25) is 5.91 Å². The van der Waals surface area contributed by atoms with Crippen LogP contribution in [0.25, 0.3) is 22.5 Å². The summed E-state index contributed by atoms with van der Waals surface area (Å²) in [6.07, 6.45) is 1.67. The molecule has 0 aliphatic rings. The molecule has 1 aromatic heterocycles. The van der Waals surface area contributed by atoms with E-state index in [2.05, 4.69) is 15.3 Å². The Morgan fingerprint density at radius 3 is 2.26 bits per heavy atom. The minimum atomic E-state index is -0.346. The number of halogens is 2. The van der Waals surface area contributed by atoms with E-state index in [-0.39, 0.29) is 29.7 Å². The van der Waals surface area contributed by atoms with Crippen LogP contribution in [0.15, 0.2) is 79.0 Å². The fourth-order valence-electron chi connectivity index (χ4n) is 3.02. The summed E-state index contributed by atoms with van der Waals surface area (Å²) >= 11 is 5.89. The van der Waals surface area contributed by atoms with Crippen molar-refractivity contribution in [3.8, 4) is 28.3 Å². The quantitative estimate of drug-likeness (QED) is 0.436. The first-order valence-electron chi connectivity index (χ1n) is 9.44. The van der Waals surface area contributed by atoms with Crippen LogP contribution in [0.5, 0.6) is 5.75 Å². The Bertz CT molecular complexity index is 1210. The molecule has 31 heavy (non-hydrogen) atoms. The summed E-state index contributed by atoms with van der Waals surface area (Å²) in [4.78, 5) is 21.6. The molecule has 7 heteroatoms. The molecule has 0 saturated carbocycles. The fourth-order valence-corrected chi connectivity index (χ4v) is 3.15. The molecular weight excluding hydrogens is 417 g/mol. The third-order valence-electron chi connectivity index (χ3n) is 4.59. The third kappa shape index (κ3) is 5.05. The van der Waals surface area contributed by atoms with Gasteiger partial charge in [0.25, 0.3) is 0 Å². The number of aromatic hydroxyl groups is 1. The van der Waals surface area contributed by atoms with E-state index < -0.39 is 0 Å². The zero-order valence-electron chi connectivity index (χ0n) is 16.2. The van der Waals surface area contributed by atoms with Crippen LogP contribution in [0.3, 0.4) is 0 Å². The highest BCUT2D eigenvalue weighted by atomic mass is 35.5. The minimum Gasteiger partial charge on any atom is -0.508 e. The van der Waals surface area contributed by atoms with Gasteiger partial charge in [-0.3, -0.25) is 4.79 Å². The summed E-state index contributed by atoms with van der Waals surface area (Å²) in [7, 11) is 0. The summed E-state index contributed by atoms with van der Waals surface area (Å²) in [5.74, 6) is -0.206. The summed E-state index contributed by atoms with van der Waals surface area (Å²) in [6.45, 7) is 0. The Hall–Kier alpha value is -3.77. The predicted molar refractivity (Wildman–Crippen MR) is 118 cm³/mol. The maximum Gasteiger partial charge on any atom is 0.230 e. The summed E-state index contributed by atoms with van der Waals surface area (Å²) < 4.78 is 13.3. The standard InChI is InChI=1S/C24H17ClFN3O2/c25-18-7-1-15(2-8-18)13-22(31)29-24-23(17-5-11-20(30)12-6-17)28-21(14-27-24)16-3-9-19(26)10-4-16/h1-12,14,30H,13H2,(H,27,29,31). The Kier molecular flexibility index (Phi) is 5.91. The Morgan fingerprint density at radius 2 is 1.58 bits per heavy atom. The first-order chi connectivity index (χ1) is 15.0. The number of amides is 1. The number of phenols is 1.